The van der Waals surface area contributed by atoms with Crippen LogP contribution in [0.15, 0.2) is 36.5 Å². The number of amides is 1. The highest BCUT2D eigenvalue weighted by molar-refractivity contribution is 5.72. The van der Waals surface area contributed by atoms with E-state index in [-0.39, 0.29) is 11.9 Å². The maximum absolute atomic E-state index is 11.3. The molecule has 5 heteroatoms. The summed E-state index contributed by atoms with van der Waals surface area (Å²) >= 11 is 0. The van der Waals surface area contributed by atoms with Crippen molar-refractivity contribution in [1.82, 2.24) is 14.7 Å². The van der Waals surface area contributed by atoms with Gasteiger partial charge in [0.15, 0.2) is 0 Å². The fourth-order valence-corrected chi connectivity index (χ4v) is 2.28. The Morgan fingerprint density at radius 1 is 1.43 bits per heavy atom. The normalized spacial score (nSPS) is 12.0. The number of aromatic nitrogens is 2. The molecule has 1 N–H and O–H groups in total. The lowest BCUT2D eigenvalue weighted by Gasteiger charge is -2.18. The van der Waals surface area contributed by atoms with Gasteiger partial charge in [-0.25, -0.2) is 0 Å². The van der Waals surface area contributed by atoms with Gasteiger partial charge in [0.25, 0.3) is 0 Å². The van der Waals surface area contributed by atoms with Crippen molar-refractivity contribution in [3.05, 3.63) is 47.8 Å². The van der Waals surface area contributed by atoms with Gasteiger partial charge < -0.3 is 10.2 Å². The molecule has 0 aliphatic rings. The number of nitrogens with one attached hydrogen (secondary N) is 1. The molecule has 0 bridgehead atoms. The number of anilines is 1. The molecule has 1 aromatic carbocycles. The van der Waals surface area contributed by atoms with E-state index in [4.69, 9.17) is 0 Å². The number of hydrogen-bond donors (Lipinski definition) is 1. The maximum atomic E-state index is 11.3. The van der Waals surface area contributed by atoms with Crippen LogP contribution in [0.2, 0.25) is 0 Å². The molecule has 5 nitrogen and oxygen atoms in total. The highest BCUT2D eigenvalue weighted by Gasteiger charge is 2.10. The van der Waals surface area contributed by atoms with Crippen LogP contribution in [0.25, 0.3) is 0 Å². The summed E-state index contributed by atoms with van der Waals surface area (Å²) in [6, 6.07) is 10.3. The zero-order valence-electron chi connectivity index (χ0n) is 13.0. The maximum Gasteiger partial charge on any atom is 0.219 e. The van der Waals surface area contributed by atoms with Crippen LogP contribution in [0.1, 0.15) is 31.1 Å². The van der Waals surface area contributed by atoms with E-state index in [1.54, 1.807) is 25.1 Å². The molecule has 1 amide bonds. The zero-order valence-corrected chi connectivity index (χ0v) is 13.0. The Morgan fingerprint density at radius 2 is 2.19 bits per heavy atom. The van der Waals surface area contributed by atoms with Gasteiger partial charge in [0.05, 0.1) is 11.7 Å². The molecule has 1 unspecified atom stereocenters. The van der Waals surface area contributed by atoms with Crippen LogP contribution < -0.4 is 5.32 Å². The third kappa shape index (κ3) is 3.84. The molecule has 112 valence electrons. The Bertz CT molecular complexity index is 620. The molecule has 1 aromatic heterocycles. The molecule has 0 aliphatic heterocycles. The fraction of sp³-hybridized carbons (Fsp3) is 0.375. The van der Waals surface area contributed by atoms with Gasteiger partial charge in [0.1, 0.15) is 0 Å². The van der Waals surface area contributed by atoms with Crippen LogP contribution in [0.5, 0.6) is 0 Å². The van der Waals surface area contributed by atoms with Gasteiger partial charge in [-0.15, -0.1) is 0 Å². The summed E-state index contributed by atoms with van der Waals surface area (Å²) in [5.74, 6) is 0.0663. The van der Waals surface area contributed by atoms with Crippen LogP contribution in [-0.4, -0.2) is 27.6 Å². The molecule has 21 heavy (non-hydrogen) atoms. The van der Waals surface area contributed by atoms with Crippen molar-refractivity contribution in [3.8, 4) is 0 Å². The van der Waals surface area contributed by atoms with Gasteiger partial charge in [0, 0.05) is 39.4 Å². The second-order valence-corrected chi connectivity index (χ2v) is 5.32. The lowest BCUT2D eigenvalue weighted by atomic mass is 10.1. The smallest absolute Gasteiger partial charge is 0.219 e. The topological polar surface area (TPSA) is 50.2 Å². The number of hydrogen-bond acceptors (Lipinski definition) is 3. The lowest BCUT2D eigenvalue weighted by molar-refractivity contribution is -0.128. The quantitative estimate of drug-likeness (QED) is 0.919. The number of aryl methyl sites for hydroxylation is 1. The first-order valence-corrected chi connectivity index (χ1v) is 7.02. The Balaban J connectivity index is 2.07. The monoisotopic (exact) mass is 286 g/mol. The fourth-order valence-electron chi connectivity index (χ4n) is 2.28. The summed E-state index contributed by atoms with van der Waals surface area (Å²) in [6.45, 7) is 4.29. The highest BCUT2D eigenvalue weighted by Crippen LogP contribution is 2.20. The van der Waals surface area contributed by atoms with Crippen LogP contribution in [0.3, 0.4) is 0 Å². The predicted octanol–water partition coefficient (Wildman–Crippen LogP) is 2.57. The number of rotatable bonds is 5. The van der Waals surface area contributed by atoms with Crippen molar-refractivity contribution in [2.45, 2.75) is 26.4 Å². The van der Waals surface area contributed by atoms with Crippen LogP contribution in [0.4, 0.5) is 5.69 Å². The standard InChI is InChI=1S/C16H22N4O/c1-12(16-8-9-17-20(16)4)18-15-7-5-6-14(10-15)11-19(3)13(2)21/h5-10,12,18H,11H2,1-4H3. The summed E-state index contributed by atoms with van der Waals surface area (Å²) in [4.78, 5) is 13.0. The van der Waals surface area contributed by atoms with E-state index < -0.39 is 0 Å². The SMILES string of the molecule is CC(=O)N(C)Cc1cccc(NC(C)c2ccnn2C)c1. The van der Waals surface area contributed by atoms with E-state index in [0.29, 0.717) is 6.54 Å². The van der Waals surface area contributed by atoms with Crippen LogP contribution in [0, 0.1) is 0 Å². The van der Waals surface area contributed by atoms with Gasteiger partial charge >= 0.3 is 0 Å². The van der Waals surface area contributed by atoms with Gasteiger partial charge in [-0.1, -0.05) is 12.1 Å². The highest BCUT2D eigenvalue weighted by atomic mass is 16.2. The van der Waals surface area contributed by atoms with E-state index in [1.165, 1.54) is 0 Å². The Labute approximate surface area is 125 Å². The van der Waals surface area contributed by atoms with E-state index >= 15 is 0 Å². The summed E-state index contributed by atoms with van der Waals surface area (Å²) in [5, 5.41) is 7.65. The number of benzene rings is 1. The van der Waals surface area contributed by atoms with E-state index in [2.05, 4.69) is 23.4 Å². The molecule has 0 fully saturated rings. The average molecular weight is 286 g/mol. The number of nitrogens with zero attached hydrogens (tertiary/aromatic N) is 3. The van der Waals surface area contributed by atoms with Gasteiger partial charge in [-0.2, -0.15) is 5.10 Å². The minimum Gasteiger partial charge on any atom is -0.377 e. The van der Waals surface area contributed by atoms with Crippen molar-refractivity contribution in [2.75, 3.05) is 12.4 Å². The summed E-state index contributed by atoms with van der Waals surface area (Å²) < 4.78 is 1.87. The van der Waals surface area contributed by atoms with Crippen LogP contribution >= 0.6 is 0 Å². The van der Waals surface area contributed by atoms with Crippen molar-refractivity contribution in [3.63, 3.8) is 0 Å². The molecule has 1 heterocycles. The van der Waals surface area contributed by atoms with Gasteiger partial charge in [0.2, 0.25) is 5.91 Å². The zero-order chi connectivity index (χ0) is 15.4. The molecule has 0 saturated heterocycles. The summed E-state index contributed by atoms with van der Waals surface area (Å²) in [5.41, 5.74) is 3.27. The molecule has 0 saturated carbocycles. The average Bonchev–Trinajstić information content (AvgIpc) is 2.85. The largest absolute Gasteiger partial charge is 0.377 e. The van der Waals surface area contributed by atoms with E-state index in [9.17, 15) is 4.79 Å². The molecule has 1 atom stereocenters. The minimum atomic E-state index is 0.0663. The Hall–Kier alpha value is -2.30. The van der Waals surface area contributed by atoms with E-state index in [1.807, 2.05) is 36.0 Å². The minimum absolute atomic E-state index is 0.0663. The summed E-state index contributed by atoms with van der Waals surface area (Å²) in [7, 11) is 3.74. The summed E-state index contributed by atoms with van der Waals surface area (Å²) in [6.07, 6.45) is 1.80. The predicted molar refractivity (Wildman–Crippen MR) is 83.8 cm³/mol. The molecule has 2 aromatic rings. The molecule has 0 radical (unpaired) electrons. The second-order valence-electron chi connectivity index (χ2n) is 5.32. The first-order chi connectivity index (χ1) is 9.97. The molecular formula is C16H22N4O. The van der Waals surface area contributed by atoms with Crippen molar-refractivity contribution in [1.29, 1.82) is 0 Å². The number of carbonyl (C=O) groups is 1. The third-order valence-corrected chi connectivity index (χ3v) is 3.57. The first kappa shape index (κ1) is 15.1. The second kappa shape index (κ2) is 6.43. The van der Waals surface area contributed by atoms with E-state index in [0.717, 1.165) is 16.9 Å². The van der Waals surface area contributed by atoms with Crippen LogP contribution in [-0.2, 0) is 18.4 Å². The molecule has 0 spiro atoms. The van der Waals surface area contributed by atoms with Crippen molar-refractivity contribution in [2.24, 2.45) is 7.05 Å². The van der Waals surface area contributed by atoms with Crippen molar-refractivity contribution < 1.29 is 4.79 Å². The lowest BCUT2D eigenvalue weighted by Crippen LogP contribution is -2.23. The first-order valence-electron chi connectivity index (χ1n) is 7.02. The third-order valence-electron chi connectivity index (χ3n) is 3.57. The molecule has 2 rings (SSSR count). The molecule has 0 aliphatic carbocycles. The molecular weight excluding hydrogens is 264 g/mol. The van der Waals surface area contributed by atoms with Gasteiger partial charge in [-0.05, 0) is 30.7 Å². The van der Waals surface area contributed by atoms with Gasteiger partial charge in [-0.3, -0.25) is 9.48 Å². The number of carbonyl (C=O) groups excluding carboxylic acids is 1. The Kier molecular flexibility index (Phi) is 4.62. The Morgan fingerprint density at radius 3 is 2.81 bits per heavy atom. The van der Waals surface area contributed by atoms with Crippen molar-refractivity contribution >= 4 is 11.6 Å².